The molecule has 1 atom stereocenters. The lowest BCUT2D eigenvalue weighted by Crippen LogP contribution is -2.14. The number of hydrogen-bond acceptors (Lipinski definition) is 3. The van der Waals surface area contributed by atoms with Crippen molar-refractivity contribution in [2.45, 2.75) is 39.3 Å². The fourth-order valence-corrected chi connectivity index (χ4v) is 2.74. The number of aryl methyl sites for hydroxylation is 1. The van der Waals surface area contributed by atoms with Crippen molar-refractivity contribution < 1.29 is 9.84 Å². The third kappa shape index (κ3) is 4.08. The normalized spacial score (nSPS) is 12.7. The quantitative estimate of drug-likeness (QED) is 0.853. The zero-order valence-corrected chi connectivity index (χ0v) is 14.2. The van der Waals surface area contributed by atoms with E-state index in [-0.39, 0.29) is 6.04 Å². The SMILES string of the molecule is Cc1cccc(OCCC(O)c2c(Br)cnn2C(C)C)c1. The lowest BCUT2D eigenvalue weighted by atomic mass is 10.2. The fourth-order valence-electron chi connectivity index (χ4n) is 2.20. The molecule has 0 aliphatic heterocycles. The summed E-state index contributed by atoms with van der Waals surface area (Å²) < 4.78 is 8.36. The number of nitrogens with zero attached hydrogens (tertiary/aromatic N) is 2. The first-order valence-corrected chi connectivity index (χ1v) is 7.88. The van der Waals surface area contributed by atoms with Crippen LogP contribution in [0, 0.1) is 6.92 Å². The molecule has 0 fully saturated rings. The van der Waals surface area contributed by atoms with E-state index in [2.05, 4.69) is 21.0 Å². The summed E-state index contributed by atoms with van der Waals surface area (Å²) in [7, 11) is 0. The molecule has 2 aromatic rings. The Balaban J connectivity index is 1.96. The highest BCUT2D eigenvalue weighted by Crippen LogP contribution is 2.28. The van der Waals surface area contributed by atoms with E-state index in [0.29, 0.717) is 13.0 Å². The van der Waals surface area contributed by atoms with E-state index in [9.17, 15) is 5.11 Å². The summed E-state index contributed by atoms with van der Waals surface area (Å²) in [4.78, 5) is 0. The van der Waals surface area contributed by atoms with Crippen molar-refractivity contribution in [2.24, 2.45) is 0 Å². The Hall–Kier alpha value is -1.33. The molecule has 0 bridgehead atoms. The van der Waals surface area contributed by atoms with Crippen LogP contribution in [0.4, 0.5) is 0 Å². The number of hydrogen-bond donors (Lipinski definition) is 1. The van der Waals surface area contributed by atoms with Crippen LogP contribution in [0.1, 0.15) is 43.7 Å². The highest BCUT2D eigenvalue weighted by Gasteiger charge is 2.19. The van der Waals surface area contributed by atoms with Gasteiger partial charge in [-0.2, -0.15) is 5.10 Å². The molecular formula is C16H21BrN2O2. The largest absolute Gasteiger partial charge is 0.493 e. The van der Waals surface area contributed by atoms with E-state index in [1.165, 1.54) is 0 Å². The summed E-state index contributed by atoms with van der Waals surface area (Å²) in [5.41, 5.74) is 1.96. The van der Waals surface area contributed by atoms with Gasteiger partial charge in [-0.15, -0.1) is 0 Å². The maximum Gasteiger partial charge on any atom is 0.119 e. The molecule has 4 nitrogen and oxygen atoms in total. The summed E-state index contributed by atoms with van der Waals surface area (Å²) >= 11 is 3.45. The van der Waals surface area contributed by atoms with Crippen LogP contribution in [-0.2, 0) is 0 Å². The van der Waals surface area contributed by atoms with E-state index in [0.717, 1.165) is 21.5 Å². The van der Waals surface area contributed by atoms with Crippen LogP contribution in [-0.4, -0.2) is 21.5 Å². The second kappa shape index (κ2) is 7.09. The van der Waals surface area contributed by atoms with Crippen molar-refractivity contribution in [2.75, 3.05) is 6.61 Å². The van der Waals surface area contributed by atoms with Crippen LogP contribution < -0.4 is 4.74 Å². The van der Waals surface area contributed by atoms with E-state index < -0.39 is 6.10 Å². The number of aromatic nitrogens is 2. The average molecular weight is 353 g/mol. The van der Waals surface area contributed by atoms with Gasteiger partial charge in [-0.1, -0.05) is 12.1 Å². The predicted molar refractivity (Wildman–Crippen MR) is 86.6 cm³/mol. The third-order valence-electron chi connectivity index (χ3n) is 3.24. The zero-order valence-electron chi connectivity index (χ0n) is 12.6. The van der Waals surface area contributed by atoms with Crippen LogP contribution in [0.25, 0.3) is 0 Å². The fraction of sp³-hybridized carbons (Fsp3) is 0.438. The van der Waals surface area contributed by atoms with Crippen molar-refractivity contribution in [1.29, 1.82) is 0 Å². The highest BCUT2D eigenvalue weighted by molar-refractivity contribution is 9.10. The van der Waals surface area contributed by atoms with Gasteiger partial charge in [-0.25, -0.2) is 0 Å². The monoisotopic (exact) mass is 352 g/mol. The number of aliphatic hydroxyl groups excluding tert-OH is 1. The molecule has 0 aliphatic rings. The summed E-state index contributed by atoms with van der Waals surface area (Å²) in [6.07, 6.45) is 1.64. The second-order valence-electron chi connectivity index (χ2n) is 5.39. The smallest absolute Gasteiger partial charge is 0.119 e. The average Bonchev–Trinajstić information content (AvgIpc) is 2.81. The van der Waals surface area contributed by atoms with Crippen LogP contribution in [0.5, 0.6) is 5.75 Å². The van der Waals surface area contributed by atoms with Gasteiger partial charge >= 0.3 is 0 Å². The van der Waals surface area contributed by atoms with Crippen molar-refractivity contribution in [3.63, 3.8) is 0 Å². The van der Waals surface area contributed by atoms with Gasteiger partial charge in [0, 0.05) is 12.5 Å². The first-order valence-electron chi connectivity index (χ1n) is 7.09. The van der Waals surface area contributed by atoms with Crippen LogP contribution >= 0.6 is 15.9 Å². The van der Waals surface area contributed by atoms with Gasteiger partial charge in [-0.3, -0.25) is 4.68 Å². The molecule has 0 amide bonds. The molecule has 0 spiro atoms. The molecule has 114 valence electrons. The standard InChI is InChI=1S/C16H21BrN2O2/c1-11(2)19-16(14(17)10-18-19)15(20)7-8-21-13-6-4-5-12(3)9-13/h4-6,9-11,15,20H,7-8H2,1-3H3. The molecule has 5 heteroatoms. The summed E-state index contributed by atoms with van der Waals surface area (Å²) in [6, 6.07) is 8.11. The number of rotatable bonds is 6. The number of ether oxygens (including phenoxy) is 1. The maximum atomic E-state index is 10.4. The van der Waals surface area contributed by atoms with E-state index >= 15 is 0 Å². The van der Waals surface area contributed by atoms with Gasteiger partial charge in [0.05, 0.1) is 23.0 Å². The molecule has 1 aromatic heterocycles. The Bertz CT molecular complexity index is 596. The Morgan fingerprint density at radius 2 is 2.14 bits per heavy atom. The van der Waals surface area contributed by atoms with E-state index in [1.54, 1.807) is 6.20 Å². The summed E-state index contributed by atoms with van der Waals surface area (Å²) in [6.45, 7) is 6.57. The maximum absolute atomic E-state index is 10.4. The highest BCUT2D eigenvalue weighted by atomic mass is 79.9. The third-order valence-corrected chi connectivity index (χ3v) is 3.85. The molecule has 0 saturated heterocycles. The molecule has 0 saturated carbocycles. The molecular weight excluding hydrogens is 332 g/mol. The minimum atomic E-state index is -0.603. The van der Waals surface area contributed by atoms with Gasteiger partial charge in [0.2, 0.25) is 0 Å². The molecule has 0 aliphatic carbocycles. The van der Waals surface area contributed by atoms with Crippen molar-refractivity contribution in [3.05, 3.63) is 46.2 Å². The molecule has 21 heavy (non-hydrogen) atoms. The summed E-state index contributed by atoms with van der Waals surface area (Å²) in [5.74, 6) is 0.832. The number of aliphatic hydroxyl groups is 1. The molecule has 1 heterocycles. The van der Waals surface area contributed by atoms with Gasteiger partial charge in [0.25, 0.3) is 0 Å². The van der Waals surface area contributed by atoms with Crippen LogP contribution in [0.3, 0.4) is 0 Å². The molecule has 2 rings (SSSR count). The molecule has 1 aromatic carbocycles. The minimum Gasteiger partial charge on any atom is -0.493 e. The molecule has 0 radical (unpaired) electrons. The Kier molecular flexibility index (Phi) is 5.42. The Morgan fingerprint density at radius 3 is 2.81 bits per heavy atom. The number of halogens is 1. The second-order valence-corrected chi connectivity index (χ2v) is 6.24. The lowest BCUT2D eigenvalue weighted by Gasteiger charge is -2.17. The topological polar surface area (TPSA) is 47.3 Å². The zero-order chi connectivity index (χ0) is 15.4. The Labute approximate surface area is 133 Å². The predicted octanol–water partition coefficient (Wildman–Crippen LogP) is 4.04. The first-order chi connectivity index (χ1) is 9.99. The van der Waals surface area contributed by atoms with Gasteiger partial charge in [-0.05, 0) is 54.4 Å². The van der Waals surface area contributed by atoms with Gasteiger partial charge in [0.15, 0.2) is 0 Å². The summed E-state index contributed by atoms with van der Waals surface area (Å²) in [5, 5.41) is 14.7. The van der Waals surface area contributed by atoms with Crippen LogP contribution in [0.15, 0.2) is 34.9 Å². The van der Waals surface area contributed by atoms with Crippen LogP contribution in [0.2, 0.25) is 0 Å². The van der Waals surface area contributed by atoms with Crippen molar-refractivity contribution in [1.82, 2.24) is 9.78 Å². The van der Waals surface area contributed by atoms with Crippen molar-refractivity contribution in [3.8, 4) is 5.75 Å². The molecule has 1 unspecified atom stereocenters. The van der Waals surface area contributed by atoms with Gasteiger partial charge < -0.3 is 9.84 Å². The molecule has 1 N–H and O–H groups in total. The van der Waals surface area contributed by atoms with E-state index in [1.807, 2.05) is 49.7 Å². The van der Waals surface area contributed by atoms with Crippen molar-refractivity contribution >= 4 is 15.9 Å². The Morgan fingerprint density at radius 1 is 1.38 bits per heavy atom. The minimum absolute atomic E-state index is 0.207. The number of benzene rings is 1. The lowest BCUT2D eigenvalue weighted by molar-refractivity contribution is 0.129. The first kappa shape index (κ1) is 16.0. The van der Waals surface area contributed by atoms with E-state index in [4.69, 9.17) is 4.74 Å². The van der Waals surface area contributed by atoms with Gasteiger partial charge in [0.1, 0.15) is 11.9 Å².